The fourth-order valence-corrected chi connectivity index (χ4v) is 2.33. The van der Waals surface area contributed by atoms with E-state index in [1.54, 1.807) is 11.8 Å². The normalized spacial score (nSPS) is 10.7. The molecule has 0 saturated heterocycles. The summed E-state index contributed by atoms with van der Waals surface area (Å²) in [4.78, 5) is 13.3. The Kier molecular flexibility index (Phi) is 4.89. The molecule has 0 radical (unpaired) electrons. The van der Waals surface area contributed by atoms with Gasteiger partial charge in [-0.05, 0) is 25.2 Å². The minimum atomic E-state index is 0.179. The molecule has 0 aliphatic rings. The van der Waals surface area contributed by atoms with Crippen molar-refractivity contribution in [2.75, 3.05) is 6.26 Å². The van der Waals surface area contributed by atoms with Crippen LogP contribution in [-0.2, 0) is 0 Å². The van der Waals surface area contributed by atoms with Gasteiger partial charge in [-0.15, -0.1) is 11.8 Å². The van der Waals surface area contributed by atoms with Gasteiger partial charge in [0.2, 0.25) is 0 Å². The number of ketones is 1. The molecule has 0 heterocycles. The molecule has 0 saturated carbocycles. The third-order valence-electron chi connectivity index (χ3n) is 2.73. The number of hydrogen-bond acceptors (Lipinski definition) is 2. The fraction of sp³-hybridized carbons (Fsp3) is 0.462. The zero-order valence-electron chi connectivity index (χ0n) is 9.62. The van der Waals surface area contributed by atoms with Crippen molar-refractivity contribution in [3.63, 3.8) is 0 Å². The zero-order valence-corrected chi connectivity index (χ0v) is 10.4. The third kappa shape index (κ3) is 2.85. The molecule has 0 bridgehead atoms. The molecule has 82 valence electrons. The first-order chi connectivity index (χ1) is 7.24. The van der Waals surface area contributed by atoms with Crippen LogP contribution in [0.4, 0.5) is 0 Å². The van der Waals surface area contributed by atoms with Crippen LogP contribution >= 0.6 is 11.8 Å². The quantitative estimate of drug-likeness (QED) is 0.552. The second-order valence-corrected chi connectivity index (χ2v) is 4.43. The molecule has 1 rings (SSSR count). The highest BCUT2D eigenvalue weighted by molar-refractivity contribution is 7.98. The molecule has 0 spiro atoms. The maximum Gasteiger partial charge on any atom is 0.167 e. The van der Waals surface area contributed by atoms with Gasteiger partial charge in [-0.2, -0.15) is 0 Å². The summed E-state index contributed by atoms with van der Waals surface area (Å²) in [5.41, 5.74) is 0.888. The van der Waals surface area contributed by atoms with Crippen LogP contribution in [-0.4, -0.2) is 12.0 Å². The fourth-order valence-electron chi connectivity index (χ4n) is 1.73. The maximum atomic E-state index is 12.2. The first-order valence-corrected chi connectivity index (χ1v) is 6.64. The van der Waals surface area contributed by atoms with Crippen molar-refractivity contribution in [3.05, 3.63) is 29.8 Å². The van der Waals surface area contributed by atoms with Gasteiger partial charge in [0.1, 0.15) is 0 Å². The summed E-state index contributed by atoms with van der Waals surface area (Å²) in [6, 6.07) is 7.87. The van der Waals surface area contributed by atoms with Crippen LogP contribution in [0.5, 0.6) is 0 Å². The Balaban J connectivity index is 2.99. The van der Waals surface area contributed by atoms with E-state index in [9.17, 15) is 4.79 Å². The van der Waals surface area contributed by atoms with E-state index >= 15 is 0 Å². The van der Waals surface area contributed by atoms with E-state index < -0.39 is 0 Å². The smallest absolute Gasteiger partial charge is 0.167 e. The Morgan fingerprint density at radius 1 is 1.27 bits per heavy atom. The Labute approximate surface area is 96.3 Å². The predicted molar refractivity (Wildman–Crippen MR) is 66.6 cm³/mol. The average molecular weight is 222 g/mol. The van der Waals surface area contributed by atoms with E-state index in [1.165, 1.54) is 0 Å². The molecule has 0 fully saturated rings. The summed E-state index contributed by atoms with van der Waals surface area (Å²) >= 11 is 1.64. The van der Waals surface area contributed by atoms with E-state index in [1.807, 2.05) is 30.5 Å². The van der Waals surface area contributed by atoms with Crippen molar-refractivity contribution >= 4 is 17.5 Å². The lowest BCUT2D eigenvalue weighted by Crippen LogP contribution is -2.13. The predicted octanol–water partition coefficient (Wildman–Crippen LogP) is 4.03. The van der Waals surface area contributed by atoms with Crippen LogP contribution in [0.25, 0.3) is 0 Å². The van der Waals surface area contributed by atoms with Crippen molar-refractivity contribution in [2.24, 2.45) is 5.92 Å². The van der Waals surface area contributed by atoms with Gasteiger partial charge in [0, 0.05) is 16.4 Å². The molecule has 0 atom stereocenters. The SMILES string of the molecule is CCC(CC)C(=O)c1ccccc1SC. The average Bonchev–Trinajstić information content (AvgIpc) is 2.30. The molecule has 1 aromatic carbocycles. The van der Waals surface area contributed by atoms with Crippen LogP contribution in [0.3, 0.4) is 0 Å². The Hall–Kier alpha value is -0.760. The highest BCUT2D eigenvalue weighted by atomic mass is 32.2. The topological polar surface area (TPSA) is 17.1 Å². The van der Waals surface area contributed by atoms with Crippen LogP contribution in [0.15, 0.2) is 29.2 Å². The summed E-state index contributed by atoms with van der Waals surface area (Å²) in [6.07, 6.45) is 3.87. The molecule has 1 aromatic rings. The molecule has 0 aliphatic heterocycles. The number of hydrogen-bond donors (Lipinski definition) is 0. The molecule has 1 nitrogen and oxygen atoms in total. The Morgan fingerprint density at radius 3 is 2.40 bits per heavy atom. The van der Waals surface area contributed by atoms with E-state index in [4.69, 9.17) is 0 Å². The molecule has 0 amide bonds. The molecule has 2 heteroatoms. The van der Waals surface area contributed by atoms with Crippen molar-refractivity contribution in [3.8, 4) is 0 Å². The standard InChI is InChI=1S/C13H18OS/c1-4-10(5-2)13(14)11-8-6-7-9-12(11)15-3/h6-10H,4-5H2,1-3H3. The molecule has 0 unspecified atom stereocenters. The van der Waals surface area contributed by atoms with Gasteiger partial charge in [0.05, 0.1) is 0 Å². The number of thioether (sulfide) groups is 1. The highest BCUT2D eigenvalue weighted by Crippen LogP contribution is 2.24. The number of rotatable bonds is 5. The maximum absolute atomic E-state index is 12.2. The minimum Gasteiger partial charge on any atom is -0.294 e. The van der Waals surface area contributed by atoms with Crippen molar-refractivity contribution in [2.45, 2.75) is 31.6 Å². The summed E-state index contributed by atoms with van der Waals surface area (Å²) in [5.74, 6) is 0.475. The number of Topliss-reactive ketones (excluding diaryl/α,β-unsaturated/α-hetero) is 1. The number of benzene rings is 1. The largest absolute Gasteiger partial charge is 0.294 e. The third-order valence-corrected chi connectivity index (χ3v) is 3.52. The summed E-state index contributed by atoms with van der Waals surface area (Å²) in [6.45, 7) is 4.15. The molecular weight excluding hydrogens is 204 g/mol. The van der Waals surface area contributed by atoms with Crippen LogP contribution in [0, 0.1) is 5.92 Å². The van der Waals surface area contributed by atoms with E-state index in [-0.39, 0.29) is 5.92 Å². The zero-order chi connectivity index (χ0) is 11.3. The minimum absolute atomic E-state index is 0.179. The number of carbonyl (C=O) groups is 1. The highest BCUT2D eigenvalue weighted by Gasteiger charge is 2.18. The van der Waals surface area contributed by atoms with Gasteiger partial charge in [-0.1, -0.05) is 32.0 Å². The van der Waals surface area contributed by atoms with E-state index in [0.29, 0.717) is 5.78 Å². The molecule has 15 heavy (non-hydrogen) atoms. The van der Waals surface area contributed by atoms with Crippen molar-refractivity contribution < 1.29 is 4.79 Å². The monoisotopic (exact) mass is 222 g/mol. The summed E-state index contributed by atoms with van der Waals surface area (Å²) in [7, 11) is 0. The van der Waals surface area contributed by atoms with Crippen LogP contribution in [0.1, 0.15) is 37.0 Å². The lowest BCUT2D eigenvalue weighted by atomic mass is 9.93. The summed E-state index contributed by atoms with van der Waals surface area (Å²) < 4.78 is 0. The second-order valence-electron chi connectivity index (χ2n) is 3.58. The van der Waals surface area contributed by atoms with Gasteiger partial charge >= 0.3 is 0 Å². The molecular formula is C13H18OS. The second kappa shape index (κ2) is 5.96. The number of carbonyl (C=O) groups excluding carboxylic acids is 1. The van der Waals surface area contributed by atoms with Gasteiger partial charge < -0.3 is 0 Å². The van der Waals surface area contributed by atoms with Gasteiger partial charge in [0.15, 0.2) is 5.78 Å². The van der Waals surface area contributed by atoms with Gasteiger partial charge in [-0.25, -0.2) is 0 Å². The Bertz CT molecular complexity index is 329. The van der Waals surface area contributed by atoms with Gasteiger partial charge in [0.25, 0.3) is 0 Å². The lowest BCUT2D eigenvalue weighted by molar-refractivity contribution is 0.0910. The molecule has 0 aromatic heterocycles. The lowest BCUT2D eigenvalue weighted by Gasteiger charge is -2.13. The van der Waals surface area contributed by atoms with Crippen LogP contribution in [0.2, 0.25) is 0 Å². The Morgan fingerprint density at radius 2 is 1.87 bits per heavy atom. The molecule has 0 N–H and O–H groups in total. The van der Waals surface area contributed by atoms with E-state index in [0.717, 1.165) is 23.3 Å². The molecule has 0 aliphatic carbocycles. The van der Waals surface area contributed by atoms with Crippen LogP contribution < -0.4 is 0 Å². The van der Waals surface area contributed by atoms with Crippen molar-refractivity contribution in [1.82, 2.24) is 0 Å². The van der Waals surface area contributed by atoms with E-state index in [2.05, 4.69) is 13.8 Å². The summed E-state index contributed by atoms with van der Waals surface area (Å²) in [5, 5.41) is 0. The first-order valence-electron chi connectivity index (χ1n) is 5.41. The van der Waals surface area contributed by atoms with Crippen molar-refractivity contribution in [1.29, 1.82) is 0 Å². The first kappa shape index (κ1) is 12.3. The van der Waals surface area contributed by atoms with Gasteiger partial charge in [-0.3, -0.25) is 4.79 Å².